The zero-order valence-electron chi connectivity index (χ0n) is 15.8. The highest BCUT2D eigenvalue weighted by molar-refractivity contribution is 8.00. The highest BCUT2D eigenvalue weighted by Gasteiger charge is 2.15. The van der Waals surface area contributed by atoms with Gasteiger partial charge >= 0.3 is 0 Å². The van der Waals surface area contributed by atoms with Gasteiger partial charge in [-0.1, -0.05) is 32.0 Å². The van der Waals surface area contributed by atoms with Gasteiger partial charge in [-0.3, -0.25) is 4.79 Å². The fraction of sp³-hybridized carbons (Fsp3) is 0.381. The van der Waals surface area contributed by atoms with Gasteiger partial charge in [-0.15, -0.1) is 11.8 Å². The van der Waals surface area contributed by atoms with E-state index in [-0.39, 0.29) is 11.2 Å². The molecule has 0 fully saturated rings. The summed E-state index contributed by atoms with van der Waals surface area (Å²) in [4.78, 5) is 12.4. The fourth-order valence-electron chi connectivity index (χ4n) is 2.48. The van der Waals surface area contributed by atoms with Gasteiger partial charge in [0.2, 0.25) is 5.91 Å². The quantitative estimate of drug-likeness (QED) is 0.631. The van der Waals surface area contributed by atoms with E-state index in [9.17, 15) is 4.79 Å². The number of amides is 1. The van der Waals surface area contributed by atoms with E-state index in [4.69, 9.17) is 9.47 Å². The third kappa shape index (κ3) is 5.99. The molecule has 4 nitrogen and oxygen atoms in total. The van der Waals surface area contributed by atoms with E-state index in [1.165, 1.54) is 0 Å². The average molecular weight is 374 g/mol. The van der Waals surface area contributed by atoms with Crippen molar-refractivity contribution in [2.45, 2.75) is 31.9 Å². The molecular weight excluding hydrogens is 346 g/mol. The third-order valence-corrected chi connectivity index (χ3v) is 5.11. The monoisotopic (exact) mass is 373 g/mol. The van der Waals surface area contributed by atoms with Crippen LogP contribution < -0.4 is 14.8 Å². The molecule has 0 aliphatic rings. The fourth-order valence-corrected chi connectivity index (χ4v) is 3.22. The number of thioether (sulfide) groups is 1. The lowest BCUT2D eigenvalue weighted by molar-refractivity contribution is -0.115. The van der Waals surface area contributed by atoms with Crippen molar-refractivity contribution in [3.63, 3.8) is 0 Å². The Hall–Kier alpha value is -2.14. The Labute approximate surface area is 160 Å². The summed E-state index contributed by atoms with van der Waals surface area (Å²) < 4.78 is 10.8. The van der Waals surface area contributed by atoms with Crippen molar-refractivity contribution in [3.05, 3.63) is 54.1 Å². The Morgan fingerprint density at radius 1 is 1.04 bits per heavy atom. The average Bonchev–Trinajstić information content (AvgIpc) is 2.65. The van der Waals surface area contributed by atoms with Crippen molar-refractivity contribution in [1.29, 1.82) is 0 Å². The summed E-state index contributed by atoms with van der Waals surface area (Å²) in [6.07, 6.45) is 0. The van der Waals surface area contributed by atoms with Crippen LogP contribution in [0.3, 0.4) is 0 Å². The van der Waals surface area contributed by atoms with Gasteiger partial charge in [0.1, 0.15) is 11.5 Å². The summed E-state index contributed by atoms with van der Waals surface area (Å²) >= 11 is 1.58. The molecule has 0 aliphatic carbocycles. The second-order valence-corrected chi connectivity index (χ2v) is 7.72. The number of hydrogen-bond acceptors (Lipinski definition) is 4. The third-order valence-electron chi connectivity index (χ3n) is 3.99. The normalized spacial score (nSPS) is 11.9. The van der Waals surface area contributed by atoms with E-state index in [1.54, 1.807) is 18.9 Å². The predicted molar refractivity (Wildman–Crippen MR) is 110 cm³/mol. The molecule has 1 amide bonds. The lowest BCUT2D eigenvalue weighted by atomic mass is 10.0. The first-order valence-electron chi connectivity index (χ1n) is 8.79. The SMILES string of the molecule is COc1ccc(OCCSC(C)C(=O)Nc2ccccc2C(C)C)cc1. The molecule has 5 heteroatoms. The Morgan fingerprint density at radius 2 is 1.69 bits per heavy atom. The highest BCUT2D eigenvalue weighted by atomic mass is 32.2. The first-order valence-corrected chi connectivity index (χ1v) is 9.84. The van der Waals surface area contributed by atoms with E-state index >= 15 is 0 Å². The molecule has 0 radical (unpaired) electrons. The smallest absolute Gasteiger partial charge is 0.237 e. The van der Waals surface area contributed by atoms with Crippen LogP contribution >= 0.6 is 11.8 Å². The van der Waals surface area contributed by atoms with E-state index < -0.39 is 0 Å². The molecule has 0 saturated heterocycles. The molecule has 1 N–H and O–H groups in total. The van der Waals surface area contributed by atoms with Crippen LogP contribution in [-0.4, -0.2) is 30.6 Å². The number of benzene rings is 2. The molecule has 0 bridgehead atoms. The molecule has 2 rings (SSSR count). The van der Waals surface area contributed by atoms with Crippen LogP contribution in [0.5, 0.6) is 11.5 Å². The molecule has 0 aliphatic heterocycles. The van der Waals surface area contributed by atoms with Gasteiger partial charge < -0.3 is 14.8 Å². The van der Waals surface area contributed by atoms with Gasteiger partial charge in [-0.25, -0.2) is 0 Å². The minimum Gasteiger partial charge on any atom is -0.497 e. The van der Waals surface area contributed by atoms with Crippen LogP contribution in [0.2, 0.25) is 0 Å². The van der Waals surface area contributed by atoms with Crippen molar-refractivity contribution in [1.82, 2.24) is 0 Å². The maximum Gasteiger partial charge on any atom is 0.237 e. The van der Waals surface area contributed by atoms with Gasteiger partial charge in [-0.05, 0) is 48.7 Å². The standard InChI is InChI=1S/C21H27NO3S/c1-15(2)19-7-5-6-8-20(19)22-21(23)16(3)26-14-13-25-18-11-9-17(24-4)10-12-18/h5-12,15-16H,13-14H2,1-4H3,(H,22,23). The molecule has 0 heterocycles. The second-order valence-electron chi connectivity index (χ2n) is 6.27. The Bertz CT molecular complexity index is 701. The molecule has 0 aromatic heterocycles. The van der Waals surface area contributed by atoms with Gasteiger partial charge in [0, 0.05) is 11.4 Å². The zero-order chi connectivity index (χ0) is 18.9. The maximum absolute atomic E-state index is 12.4. The molecule has 1 atom stereocenters. The summed E-state index contributed by atoms with van der Waals surface area (Å²) in [7, 11) is 1.64. The number of anilines is 1. The van der Waals surface area contributed by atoms with Crippen LogP contribution in [0.1, 0.15) is 32.3 Å². The number of ether oxygens (including phenoxy) is 2. The number of para-hydroxylation sites is 1. The lowest BCUT2D eigenvalue weighted by Crippen LogP contribution is -2.24. The topological polar surface area (TPSA) is 47.6 Å². The predicted octanol–water partition coefficient (Wildman–Crippen LogP) is 4.96. The van der Waals surface area contributed by atoms with Gasteiger partial charge in [0.05, 0.1) is 19.0 Å². The second kappa shape index (κ2) is 10.1. The summed E-state index contributed by atoms with van der Waals surface area (Å²) in [6, 6.07) is 15.4. The number of nitrogens with one attached hydrogen (secondary N) is 1. The van der Waals surface area contributed by atoms with Crippen molar-refractivity contribution in [2.24, 2.45) is 0 Å². The minimum atomic E-state index is -0.144. The van der Waals surface area contributed by atoms with E-state index in [2.05, 4.69) is 25.2 Å². The van der Waals surface area contributed by atoms with Crippen LogP contribution in [0, 0.1) is 0 Å². The molecule has 0 spiro atoms. The number of methoxy groups -OCH3 is 1. The number of carbonyl (C=O) groups excluding carboxylic acids is 1. The summed E-state index contributed by atoms with van der Waals surface area (Å²) in [5.41, 5.74) is 2.05. The molecule has 2 aromatic carbocycles. The van der Waals surface area contributed by atoms with Gasteiger partial charge in [0.15, 0.2) is 0 Å². The van der Waals surface area contributed by atoms with E-state index in [0.29, 0.717) is 12.5 Å². The first kappa shape index (κ1) is 20.2. The van der Waals surface area contributed by atoms with Crippen molar-refractivity contribution in [2.75, 3.05) is 24.8 Å². The largest absolute Gasteiger partial charge is 0.497 e. The van der Waals surface area contributed by atoms with Gasteiger partial charge in [-0.2, -0.15) is 0 Å². The van der Waals surface area contributed by atoms with Crippen LogP contribution in [0.4, 0.5) is 5.69 Å². The molecule has 0 saturated carbocycles. The Morgan fingerprint density at radius 3 is 2.35 bits per heavy atom. The van der Waals surface area contributed by atoms with Crippen molar-refractivity contribution >= 4 is 23.4 Å². The maximum atomic E-state index is 12.4. The number of carbonyl (C=O) groups is 1. The zero-order valence-corrected chi connectivity index (χ0v) is 16.6. The summed E-state index contributed by atoms with van der Waals surface area (Å²) in [5, 5.41) is 2.90. The van der Waals surface area contributed by atoms with Crippen LogP contribution in [0.25, 0.3) is 0 Å². The number of rotatable bonds is 9. The van der Waals surface area contributed by atoms with Gasteiger partial charge in [0.25, 0.3) is 0 Å². The molecule has 2 aromatic rings. The molecule has 26 heavy (non-hydrogen) atoms. The Kier molecular flexibility index (Phi) is 7.85. The lowest BCUT2D eigenvalue weighted by Gasteiger charge is -2.16. The van der Waals surface area contributed by atoms with Crippen LogP contribution in [-0.2, 0) is 4.79 Å². The Balaban J connectivity index is 1.76. The summed E-state index contributed by atoms with van der Waals surface area (Å²) in [6.45, 7) is 6.72. The van der Waals surface area contributed by atoms with E-state index in [0.717, 1.165) is 28.5 Å². The number of hydrogen-bond donors (Lipinski definition) is 1. The highest BCUT2D eigenvalue weighted by Crippen LogP contribution is 2.25. The molecule has 1 unspecified atom stereocenters. The van der Waals surface area contributed by atoms with Crippen LogP contribution in [0.15, 0.2) is 48.5 Å². The summed E-state index contributed by atoms with van der Waals surface area (Å²) in [5.74, 6) is 2.74. The molecule has 140 valence electrons. The van der Waals surface area contributed by atoms with E-state index in [1.807, 2.05) is 49.4 Å². The van der Waals surface area contributed by atoms with Crippen molar-refractivity contribution < 1.29 is 14.3 Å². The first-order chi connectivity index (χ1) is 12.5. The molecular formula is C21H27NO3S. The minimum absolute atomic E-state index is 0.0209. The van der Waals surface area contributed by atoms with Crippen molar-refractivity contribution in [3.8, 4) is 11.5 Å².